The van der Waals surface area contributed by atoms with Gasteiger partial charge in [-0.2, -0.15) is 0 Å². The number of primary amides is 1. The third-order valence-electron chi connectivity index (χ3n) is 16.9. The highest BCUT2D eigenvalue weighted by atomic mass is 16.6. The van der Waals surface area contributed by atoms with E-state index in [1.54, 1.807) is 107 Å². The standard InChI is InChI=1S/C72H108N8O17/c1-20-94-59(84)34-32-48(67(90)95-21-2)39-57(82)53(33-35-58(83)93-19)75-63(86)45(7)37-55(44(5)6)79(17)66(89)61(70(8,9)10)77-65(88)62(72(14,15)51-41-78(16)54-27-23-22-25-49(51)54)80(18)69(92)96-42-47-30-28-46(29-31-47)38-56(81)52(26-24-36-74-68(73)91)76-64(87)50(43(3)4)40-60(85)97-71(11,12)13/h22-23,25,27-31,37,41,43-44,48,50,52-53,55,61-62H,20-21,24,26,32-36,38-40,42H2,1-19H3,(H,75,86)(H,76,87)(H,77,88)(H3,73,74,91)/b45-37+/t48-,50-,52-,53-,55+,61+,62?/m0/s1. The summed E-state index contributed by atoms with van der Waals surface area (Å²) in [4.78, 5) is 166. The molecular formula is C72H108N8O17. The number of hydrogen-bond acceptors (Lipinski definition) is 17. The molecule has 0 fully saturated rings. The number of aryl methyl sites for hydroxylation is 1. The number of amides is 7. The third-order valence-corrected chi connectivity index (χ3v) is 16.9. The Hall–Kier alpha value is -8.64. The Morgan fingerprint density at radius 2 is 1.27 bits per heavy atom. The van der Waals surface area contributed by atoms with Crippen LogP contribution in [0.5, 0.6) is 0 Å². The lowest BCUT2D eigenvalue weighted by Crippen LogP contribution is -2.63. The van der Waals surface area contributed by atoms with Gasteiger partial charge < -0.3 is 60.2 Å². The average molecular weight is 1360 g/mol. The van der Waals surface area contributed by atoms with Gasteiger partial charge in [0.05, 0.1) is 56.7 Å². The Morgan fingerprint density at radius 1 is 0.670 bits per heavy atom. The molecule has 0 spiro atoms. The van der Waals surface area contributed by atoms with Gasteiger partial charge >= 0.3 is 36.0 Å². The van der Waals surface area contributed by atoms with E-state index >= 15 is 9.59 Å². The molecule has 538 valence electrons. The summed E-state index contributed by atoms with van der Waals surface area (Å²) in [7, 11) is 6.05. The quantitative estimate of drug-likeness (QED) is 0.0158. The molecule has 25 nitrogen and oxygen atoms in total. The lowest BCUT2D eigenvalue weighted by Gasteiger charge is -2.42. The highest BCUT2D eigenvalue weighted by molar-refractivity contribution is 5.99. The summed E-state index contributed by atoms with van der Waals surface area (Å²) >= 11 is 0. The van der Waals surface area contributed by atoms with Crippen molar-refractivity contribution < 1.29 is 81.2 Å². The van der Waals surface area contributed by atoms with Crippen molar-refractivity contribution in [2.75, 3.05) is 41.0 Å². The molecule has 0 aliphatic heterocycles. The number of rotatable bonds is 37. The van der Waals surface area contributed by atoms with Gasteiger partial charge in [-0.15, -0.1) is 0 Å². The molecule has 2 aromatic carbocycles. The Bertz CT molecular complexity index is 3260. The molecule has 0 saturated heterocycles. The molecule has 97 heavy (non-hydrogen) atoms. The number of nitrogens with two attached hydrogens (primary N) is 1. The zero-order chi connectivity index (χ0) is 73.4. The second-order valence-electron chi connectivity index (χ2n) is 28.0. The number of esters is 4. The number of carbonyl (C=O) groups is 12. The second-order valence-corrected chi connectivity index (χ2v) is 28.0. The average Bonchev–Trinajstić information content (AvgIpc) is 1.68. The van der Waals surface area contributed by atoms with E-state index in [9.17, 15) is 47.9 Å². The van der Waals surface area contributed by atoms with Gasteiger partial charge in [-0.1, -0.05) is 111 Å². The summed E-state index contributed by atoms with van der Waals surface area (Å²) < 4.78 is 28.4. The van der Waals surface area contributed by atoms with Crippen LogP contribution in [0.15, 0.2) is 66.4 Å². The SMILES string of the molecule is CCOC(=O)CC[C@@H](CC(=O)[C@H](CCC(=O)OC)NC(=O)/C(C)=C/[C@H](C(C)C)N(C)C(=O)[C@@H](NC(=O)C(N(C)C(=O)OCc1ccc(CC(=O)[C@H](CCCNC(N)=O)NC(=O)[C@@H](CC(=O)OC(C)(C)C)C(C)C)cc1)C(C)(C)c1cn(C)c2ccccc12)C(C)(C)C)C(=O)OCC. The van der Waals surface area contributed by atoms with Gasteiger partial charge in [0.15, 0.2) is 11.6 Å². The van der Waals surface area contributed by atoms with Gasteiger partial charge in [0.2, 0.25) is 23.6 Å². The lowest BCUT2D eigenvalue weighted by molar-refractivity contribution is -0.158. The van der Waals surface area contributed by atoms with E-state index in [0.717, 1.165) is 16.5 Å². The van der Waals surface area contributed by atoms with Gasteiger partial charge in [-0.25, -0.2) is 9.59 Å². The zero-order valence-electron chi connectivity index (χ0n) is 60.5. The molecule has 6 N–H and O–H groups in total. The van der Waals surface area contributed by atoms with E-state index in [-0.39, 0.29) is 94.5 Å². The number of Topliss-reactive ketones (excluding diaryl/α,β-unsaturated/α-hetero) is 2. The molecule has 0 aliphatic rings. The van der Waals surface area contributed by atoms with Crippen LogP contribution >= 0.6 is 0 Å². The highest BCUT2D eigenvalue weighted by Gasteiger charge is 2.47. The molecular weight excluding hydrogens is 1250 g/mol. The van der Waals surface area contributed by atoms with Gasteiger partial charge in [-0.05, 0) is 107 Å². The molecule has 1 heterocycles. The van der Waals surface area contributed by atoms with Crippen LogP contribution in [0.2, 0.25) is 0 Å². The number of fused-ring (bicyclic) bond motifs is 1. The monoisotopic (exact) mass is 1360 g/mol. The Morgan fingerprint density at radius 3 is 1.84 bits per heavy atom. The minimum Gasteiger partial charge on any atom is -0.469 e. The summed E-state index contributed by atoms with van der Waals surface area (Å²) in [6.07, 6.45) is 1.65. The van der Waals surface area contributed by atoms with E-state index in [2.05, 4.69) is 21.3 Å². The van der Waals surface area contributed by atoms with Crippen LogP contribution in [0.25, 0.3) is 10.9 Å². The zero-order valence-corrected chi connectivity index (χ0v) is 60.5. The molecule has 1 unspecified atom stereocenters. The van der Waals surface area contributed by atoms with E-state index in [1.807, 2.05) is 69.8 Å². The number of nitrogens with zero attached hydrogens (tertiary/aromatic N) is 3. The first kappa shape index (κ1) is 82.6. The van der Waals surface area contributed by atoms with Crippen molar-refractivity contribution in [3.05, 3.63) is 83.1 Å². The van der Waals surface area contributed by atoms with Crippen molar-refractivity contribution >= 4 is 82.1 Å². The number of carbonyl (C=O) groups excluding carboxylic acids is 12. The fraction of sp³-hybridized carbons (Fsp3) is 0.611. The van der Waals surface area contributed by atoms with E-state index in [4.69, 9.17) is 29.4 Å². The number of likely N-dealkylation sites (N-methyl/N-ethyl adjacent to an activating group) is 2. The van der Waals surface area contributed by atoms with Crippen LogP contribution in [0.3, 0.4) is 0 Å². The minimum absolute atomic E-state index is 0.0138. The third kappa shape index (κ3) is 25.7. The van der Waals surface area contributed by atoms with Crippen LogP contribution in [0.4, 0.5) is 9.59 Å². The molecule has 7 atom stereocenters. The maximum atomic E-state index is 15.5. The first-order valence-corrected chi connectivity index (χ1v) is 33.3. The number of para-hydroxylation sites is 1. The Labute approximate surface area is 572 Å². The van der Waals surface area contributed by atoms with Gasteiger partial charge in [0.25, 0.3) is 0 Å². The summed E-state index contributed by atoms with van der Waals surface area (Å²) in [5.41, 5.74) is 5.15. The summed E-state index contributed by atoms with van der Waals surface area (Å²) in [6.45, 7) is 26.2. The highest BCUT2D eigenvalue weighted by Crippen LogP contribution is 2.37. The minimum atomic E-state index is -1.33. The first-order valence-electron chi connectivity index (χ1n) is 33.3. The van der Waals surface area contributed by atoms with Crippen molar-refractivity contribution in [2.24, 2.45) is 41.9 Å². The molecule has 0 aliphatic carbocycles. The number of ether oxygens (including phenoxy) is 5. The van der Waals surface area contributed by atoms with E-state index < -0.39 is 130 Å². The van der Waals surface area contributed by atoms with Crippen LogP contribution in [0.1, 0.15) is 172 Å². The van der Waals surface area contributed by atoms with E-state index in [0.29, 0.717) is 17.5 Å². The van der Waals surface area contributed by atoms with Crippen molar-refractivity contribution in [3.8, 4) is 0 Å². The van der Waals surface area contributed by atoms with E-state index in [1.165, 1.54) is 30.9 Å². The number of nitrogens with one attached hydrogen (secondary N) is 4. The largest absolute Gasteiger partial charge is 0.469 e. The van der Waals surface area contributed by atoms with Crippen LogP contribution in [0, 0.1) is 29.1 Å². The van der Waals surface area contributed by atoms with Crippen LogP contribution in [-0.2, 0) is 97.1 Å². The molecule has 3 aromatic rings. The second kappa shape index (κ2) is 37.8. The predicted octanol–water partition coefficient (Wildman–Crippen LogP) is 8.02. The van der Waals surface area contributed by atoms with Crippen molar-refractivity contribution in [1.29, 1.82) is 0 Å². The number of ketones is 2. The molecule has 7 amide bonds. The Kier molecular flexibility index (Phi) is 32.1. The smallest absolute Gasteiger partial charge is 0.410 e. The summed E-state index contributed by atoms with van der Waals surface area (Å²) in [5, 5.41) is 11.9. The van der Waals surface area contributed by atoms with Crippen LogP contribution < -0.4 is 27.0 Å². The Balaban J connectivity index is 1.98. The first-order chi connectivity index (χ1) is 45.2. The fourth-order valence-electron chi connectivity index (χ4n) is 11.5. The molecule has 0 saturated carbocycles. The molecule has 0 bridgehead atoms. The molecule has 1 aromatic heterocycles. The summed E-state index contributed by atoms with van der Waals surface area (Å²) in [5.74, 6) is -8.29. The number of urea groups is 1. The maximum absolute atomic E-state index is 15.5. The van der Waals surface area contributed by atoms with Gasteiger partial charge in [-0.3, -0.25) is 52.8 Å². The summed E-state index contributed by atoms with van der Waals surface area (Å²) in [6, 6.07) is 7.99. The molecule has 0 radical (unpaired) electrons. The number of methoxy groups -OCH3 is 1. The van der Waals surface area contributed by atoms with Crippen molar-refractivity contribution in [1.82, 2.24) is 35.6 Å². The number of hydrogen-bond donors (Lipinski definition) is 5. The van der Waals surface area contributed by atoms with Gasteiger partial charge in [0, 0.05) is 81.5 Å². The molecule has 3 rings (SSSR count). The maximum Gasteiger partial charge on any atom is 0.410 e. The normalized spacial score (nSPS) is 14.1. The number of benzene rings is 2. The predicted molar refractivity (Wildman–Crippen MR) is 366 cm³/mol. The van der Waals surface area contributed by atoms with Crippen LogP contribution in [-0.4, -0.2) is 162 Å². The molecule has 25 heteroatoms. The van der Waals surface area contributed by atoms with Crippen molar-refractivity contribution in [2.45, 2.75) is 209 Å². The topological polar surface area (TPSA) is 337 Å². The van der Waals surface area contributed by atoms with Gasteiger partial charge in [0.1, 0.15) is 24.3 Å². The van der Waals surface area contributed by atoms with Crippen molar-refractivity contribution in [3.63, 3.8) is 0 Å². The fourth-order valence-corrected chi connectivity index (χ4v) is 11.5. The lowest BCUT2D eigenvalue weighted by atomic mass is 9.76. The number of aromatic nitrogens is 1.